The lowest BCUT2D eigenvalue weighted by Crippen LogP contribution is -2.08. The van der Waals surface area contributed by atoms with Crippen molar-refractivity contribution in [2.75, 3.05) is 17.6 Å². The van der Waals surface area contributed by atoms with Gasteiger partial charge in [-0.15, -0.1) is 0 Å². The Balaban J connectivity index is 2.60. The van der Waals surface area contributed by atoms with Gasteiger partial charge in [0.1, 0.15) is 0 Å². The van der Waals surface area contributed by atoms with Crippen LogP contribution in [0.2, 0.25) is 0 Å². The van der Waals surface area contributed by atoms with Gasteiger partial charge in [-0.2, -0.15) is 0 Å². The van der Waals surface area contributed by atoms with Gasteiger partial charge in [-0.3, -0.25) is 4.99 Å². The number of para-hydroxylation sites is 1. The van der Waals surface area contributed by atoms with Crippen molar-refractivity contribution in [3.8, 4) is 0 Å². The number of nitrogens with zero attached hydrogens (tertiary/aromatic N) is 1. The van der Waals surface area contributed by atoms with E-state index in [1.807, 2.05) is 37.3 Å². The van der Waals surface area contributed by atoms with E-state index >= 15 is 0 Å². The average molecular weight is 208 g/mol. The maximum absolute atomic E-state index is 4.38. The molecule has 3 heteroatoms. The number of aliphatic imine (C=N–C) groups is 1. The first-order chi connectivity index (χ1) is 6.86. The molecule has 0 unspecified atom stereocenters. The second-order valence-corrected chi connectivity index (χ2v) is 3.96. The Morgan fingerprint density at radius 2 is 2.00 bits per heavy atom. The van der Waals surface area contributed by atoms with Crippen molar-refractivity contribution in [2.24, 2.45) is 4.99 Å². The summed E-state index contributed by atoms with van der Waals surface area (Å²) in [5.41, 5.74) is 1.10. The highest BCUT2D eigenvalue weighted by atomic mass is 32.2. The molecule has 0 aliphatic rings. The van der Waals surface area contributed by atoms with Crippen molar-refractivity contribution < 1.29 is 0 Å². The minimum Gasteiger partial charge on any atom is -0.335 e. The van der Waals surface area contributed by atoms with Crippen molar-refractivity contribution in [3.05, 3.63) is 30.3 Å². The Bertz CT molecular complexity index is 283. The molecular formula is C11H16N2S. The summed E-state index contributed by atoms with van der Waals surface area (Å²) < 4.78 is 0. The van der Waals surface area contributed by atoms with Crippen molar-refractivity contribution >= 4 is 22.6 Å². The molecule has 0 aliphatic carbocycles. The molecule has 0 amide bonds. The standard InChI is InChI=1S/C11H16N2S/c1-3-12-11(14-4-2)13-10-8-6-5-7-9-10/h5-9H,3-4H2,1-2H3,(H,12,13). The molecule has 0 heterocycles. The lowest BCUT2D eigenvalue weighted by atomic mass is 10.3. The highest BCUT2D eigenvalue weighted by Crippen LogP contribution is 2.10. The van der Waals surface area contributed by atoms with E-state index in [2.05, 4.69) is 17.2 Å². The SMILES string of the molecule is CCN=C(Nc1ccccc1)SCC. The van der Waals surface area contributed by atoms with Crippen LogP contribution in [0.25, 0.3) is 0 Å². The van der Waals surface area contributed by atoms with Crippen molar-refractivity contribution in [1.82, 2.24) is 0 Å². The third kappa shape index (κ3) is 3.83. The van der Waals surface area contributed by atoms with E-state index in [1.54, 1.807) is 11.8 Å². The Labute approximate surface area is 89.8 Å². The minimum atomic E-state index is 0.822. The number of anilines is 1. The average Bonchev–Trinajstić information content (AvgIpc) is 2.20. The Hall–Kier alpha value is -0.960. The molecule has 0 saturated carbocycles. The van der Waals surface area contributed by atoms with Crippen molar-refractivity contribution in [1.29, 1.82) is 0 Å². The predicted octanol–water partition coefficient (Wildman–Crippen LogP) is 3.23. The van der Waals surface area contributed by atoms with Gasteiger partial charge in [0.25, 0.3) is 0 Å². The van der Waals surface area contributed by atoms with Crippen LogP contribution in [-0.4, -0.2) is 17.5 Å². The zero-order valence-electron chi connectivity index (χ0n) is 8.66. The molecule has 0 saturated heterocycles. The molecule has 1 aromatic rings. The fourth-order valence-electron chi connectivity index (χ4n) is 1.05. The normalized spacial score (nSPS) is 11.4. The smallest absolute Gasteiger partial charge is 0.161 e. The lowest BCUT2D eigenvalue weighted by molar-refractivity contribution is 1.13. The number of hydrogen-bond donors (Lipinski definition) is 1. The van der Waals surface area contributed by atoms with E-state index in [-0.39, 0.29) is 0 Å². The first kappa shape index (κ1) is 11.1. The van der Waals surface area contributed by atoms with Crippen LogP contribution >= 0.6 is 11.8 Å². The van der Waals surface area contributed by atoms with Gasteiger partial charge in [0.2, 0.25) is 0 Å². The maximum Gasteiger partial charge on any atom is 0.161 e. The van der Waals surface area contributed by atoms with E-state index in [9.17, 15) is 0 Å². The number of benzene rings is 1. The summed E-state index contributed by atoms with van der Waals surface area (Å²) in [5.74, 6) is 1.04. The Morgan fingerprint density at radius 3 is 2.57 bits per heavy atom. The summed E-state index contributed by atoms with van der Waals surface area (Å²) in [4.78, 5) is 4.38. The Kier molecular flexibility index (Phi) is 5.15. The van der Waals surface area contributed by atoms with Gasteiger partial charge in [-0.05, 0) is 24.8 Å². The summed E-state index contributed by atoms with van der Waals surface area (Å²) >= 11 is 1.73. The third-order valence-corrected chi connectivity index (χ3v) is 2.40. The fraction of sp³-hybridized carbons (Fsp3) is 0.364. The zero-order valence-corrected chi connectivity index (χ0v) is 9.47. The fourth-order valence-corrected chi connectivity index (χ4v) is 1.73. The second-order valence-electron chi connectivity index (χ2n) is 2.70. The molecule has 1 aromatic carbocycles. The Morgan fingerprint density at radius 1 is 1.29 bits per heavy atom. The summed E-state index contributed by atoms with van der Waals surface area (Å²) in [6.45, 7) is 4.99. The summed E-state index contributed by atoms with van der Waals surface area (Å²) in [6.07, 6.45) is 0. The quantitative estimate of drug-likeness (QED) is 0.609. The molecule has 0 spiro atoms. The van der Waals surface area contributed by atoms with Crippen LogP contribution in [0.1, 0.15) is 13.8 Å². The van der Waals surface area contributed by atoms with Gasteiger partial charge < -0.3 is 5.32 Å². The van der Waals surface area contributed by atoms with Gasteiger partial charge >= 0.3 is 0 Å². The number of amidine groups is 1. The molecule has 0 radical (unpaired) electrons. The lowest BCUT2D eigenvalue weighted by Gasteiger charge is -2.07. The van der Waals surface area contributed by atoms with E-state index in [0.29, 0.717) is 0 Å². The van der Waals surface area contributed by atoms with Crippen LogP contribution in [0.5, 0.6) is 0 Å². The van der Waals surface area contributed by atoms with E-state index in [1.165, 1.54) is 0 Å². The van der Waals surface area contributed by atoms with Gasteiger partial charge in [-0.25, -0.2) is 0 Å². The molecule has 0 atom stereocenters. The van der Waals surface area contributed by atoms with Crippen LogP contribution in [0.3, 0.4) is 0 Å². The van der Waals surface area contributed by atoms with Crippen LogP contribution in [0.4, 0.5) is 5.69 Å². The first-order valence-corrected chi connectivity index (χ1v) is 5.84. The largest absolute Gasteiger partial charge is 0.335 e. The topological polar surface area (TPSA) is 24.4 Å². The molecule has 0 aliphatic heterocycles. The zero-order chi connectivity index (χ0) is 10.2. The highest BCUT2D eigenvalue weighted by Gasteiger charge is 1.97. The second kappa shape index (κ2) is 6.49. The maximum atomic E-state index is 4.38. The van der Waals surface area contributed by atoms with Crippen LogP contribution < -0.4 is 5.32 Å². The molecule has 76 valence electrons. The summed E-state index contributed by atoms with van der Waals surface area (Å²) in [7, 11) is 0. The molecule has 14 heavy (non-hydrogen) atoms. The first-order valence-electron chi connectivity index (χ1n) is 4.86. The van der Waals surface area contributed by atoms with Gasteiger partial charge in [0.15, 0.2) is 5.17 Å². The number of nitrogens with one attached hydrogen (secondary N) is 1. The van der Waals surface area contributed by atoms with Crippen LogP contribution in [0.15, 0.2) is 35.3 Å². The van der Waals surface area contributed by atoms with E-state index in [4.69, 9.17) is 0 Å². The van der Waals surface area contributed by atoms with Gasteiger partial charge in [0, 0.05) is 12.2 Å². The van der Waals surface area contributed by atoms with Crippen LogP contribution in [0, 0.1) is 0 Å². The molecule has 2 nitrogen and oxygen atoms in total. The molecule has 0 fully saturated rings. The van der Waals surface area contributed by atoms with Crippen LogP contribution in [-0.2, 0) is 0 Å². The van der Waals surface area contributed by atoms with Gasteiger partial charge in [-0.1, -0.05) is 36.9 Å². The van der Waals surface area contributed by atoms with E-state index < -0.39 is 0 Å². The molecular weight excluding hydrogens is 192 g/mol. The monoisotopic (exact) mass is 208 g/mol. The third-order valence-electron chi connectivity index (χ3n) is 1.61. The number of thioether (sulfide) groups is 1. The summed E-state index contributed by atoms with van der Waals surface area (Å²) in [5, 5.41) is 4.29. The molecule has 0 aromatic heterocycles. The van der Waals surface area contributed by atoms with Gasteiger partial charge in [0.05, 0.1) is 0 Å². The van der Waals surface area contributed by atoms with Crippen molar-refractivity contribution in [3.63, 3.8) is 0 Å². The highest BCUT2D eigenvalue weighted by molar-refractivity contribution is 8.14. The molecule has 1 rings (SSSR count). The van der Waals surface area contributed by atoms with E-state index in [0.717, 1.165) is 23.2 Å². The van der Waals surface area contributed by atoms with Crippen molar-refractivity contribution in [2.45, 2.75) is 13.8 Å². The molecule has 0 bridgehead atoms. The molecule has 1 N–H and O–H groups in total. The number of rotatable bonds is 3. The number of hydrogen-bond acceptors (Lipinski definition) is 2. The summed E-state index contributed by atoms with van der Waals surface area (Å²) in [6, 6.07) is 10.1. The minimum absolute atomic E-state index is 0.822. The predicted molar refractivity (Wildman–Crippen MR) is 66.2 cm³/mol.